The third-order valence-corrected chi connectivity index (χ3v) is 4.34. The average Bonchev–Trinajstić information content (AvgIpc) is 2.43. The number of unbranched alkanes of at least 4 members (excludes halogenated alkanes) is 3. The number of carbonyl (C=O) groups is 1. The summed E-state index contributed by atoms with van der Waals surface area (Å²) in [7, 11) is 0. The van der Waals surface area contributed by atoms with Crippen molar-refractivity contribution in [3.8, 4) is 0 Å². The van der Waals surface area contributed by atoms with Crippen LogP contribution in [0.1, 0.15) is 50.5 Å². The van der Waals surface area contributed by atoms with E-state index in [2.05, 4.69) is 17.4 Å². The van der Waals surface area contributed by atoms with E-state index in [9.17, 15) is 4.79 Å². The summed E-state index contributed by atoms with van der Waals surface area (Å²) < 4.78 is 0. The fraction of sp³-hybridized carbons (Fsp3) is 0.588. The van der Waals surface area contributed by atoms with Crippen LogP contribution in [0.2, 0.25) is 0 Å². The second-order valence-corrected chi connectivity index (χ2v) is 5.70. The van der Waals surface area contributed by atoms with Gasteiger partial charge in [0.25, 0.3) is 0 Å². The minimum Gasteiger partial charge on any atom is -0.396 e. The van der Waals surface area contributed by atoms with Crippen molar-refractivity contribution in [3.63, 3.8) is 0 Å². The number of amides is 1. The third-order valence-electron chi connectivity index (χ3n) is 4.34. The monoisotopic (exact) mass is 275 g/mol. The van der Waals surface area contributed by atoms with Gasteiger partial charge >= 0.3 is 0 Å². The van der Waals surface area contributed by atoms with Crippen molar-refractivity contribution < 1.29 is 9.90 Å². The van der Waals surface area contributed by atoms with Crippen LogP contribution < -0.4 is 5.32 Å². The molecular weight excluding hydrogens is 250 g/mol. The maximum atomic E-state index is 12.5. The molecule has 1 fully saturated rings. The van der Waals surface area contributed by atoms with Crippen molar-refractivity contribution >= 4 is 5.91 Å². The molecule has 0 unspecified atom stereocenters. The van der Waals surface area contributed by atoms with E-state index in [1.165, 1.54) is 0 Å². The molecule has 0 aromatic heterocycles. The van der Waals surface area contributed by atoms with Gasteiger partial charge in [0, 0.05) is 13.2 Å². The Bertz CT molecular complexity index is 412. The largest absolute Gasteiger partial charge is 0.396 e. The number of hydrogen-bond acceptors (Lipinski definition) is 2. The number of aliphatic hydroxyl groups excluding tert-OH is 1. The van der Waals surface area contributed by atoms with Crippen LogP contribution in [0.25, 0.3) is 0 Å². The maximum absolute atomic E-state index is 12.5. The Kier molecular flexibility index (Phi) is 5.60. The highest BCUT2D eigenvalue weighted by atomic mass is 16.2. The molecule has 2 N–H and O–H groups in total. The first-order chi connectivity index (χ1) is 9.79. The van der Waals surface area contributed by atoms with E-state index < -0.39 is 0 Å². The van der Waals surface area contributed by atoms with Crippen LogP contribution in [-0.2, 0) is 10.2 Å². The molecule has 3 nitrogen and oxygen atoms in total. The predicted octanol–water partition coefficient (Wildman–Crippen LogP) is 2.78. The minimum absolute atomic E-state index is 0.192. The van der Waals surface area contributed by atoms with Gasteiger partial charge in [0.2, 0.25) is 5.91 Å². The Balaban J connectivity index is 1.81. The van der Waals surface area contributed by atoms with Crippen molar-refractivity contribution in [2.75, 3.05) is 13.2 Å². The maximum Gasteiger partial charge on any atom is 0.230 e. The van der Waals surface area contributed by atoms with E-state index in [4.69, 9.17) is 5.11 Å². The van der Waals surface area contributed by atoms with Gasteiger partial charge in [0.15, 0.2) is 0 Å². The molecule has 0 aliphatic heterocycles. The summed E-state index contributed by atoms with van der Waals surface area (Å²) in [4.78, 5) is 12.5. The molecule has 1 aromatic rings. The first kappa shape index (κ1) is 15.0. The van der Waals surface area contributed by atoms with Gasteiger partial charge in [-0.2, -0.15) is 0 Å². The summed E-state index contributed by atoms with van der Waals surface area (Å²) in [6, 6.07) is 10.2. The molecule has 1 aromatic carbocycles. The van der Waals surface area contributed by atoms with Crippen LogP contribution in [0, 0.1) is 0 Å². The molecule has 0 bridgehead atoms. The topological polar surface area (TPSA) is 49.3 Å². The number of nitrogens with one attached hydrogen (secondary N) is 1. The molecule has 1 aliphatic rings. The SMILES string of the molecule is O=C(NCCCCCCO)C1(c2ccccc2)CCC1. The molecule has 1 amide bonds. The van der Waals surface area contributed by atoms with E-state index >= 15 is 0 Å². The molecule has 0 radical (unpaired) electrons. The van der Waals surface area contributed by atoms with Gasteiger partial charge in [-0.05, 0) is 31.2 Å². The second kappa shape index (κ2) is 7.44. The van der Waals surface area contributed by atoms with Gasteiger partial charge in [-0.1, -0.05) is 49.6 Å². The van der Waals surface area contributed by atoms with Crippen molar-refractivity contribution in [3.05, 3.63) is 35.9 Å². The molecule has 3 heteroatoms. The van der Waals surface area contributed by atoms with Gasteiger partial charge < -0.3 is 10.4 Å². The highest BCUT2D eigenvalue weighted by Crippen LogP contribution is 2.43. The Morgan fingerprint density at radius 2 is 1.80 bits per heavy atom. The van der Waals surface area contributed by atoms with Gasteiger partial charge in [-0.3, -0.25) is 4.79 Å². The van der Waals surface area contributed by atoms with Crippen LogP contribution in [0.15, 0.2) is 30.3 Å². The second-order valence-electron chi connectivity index (χ2n) is 5.70. The molecule has 1 aliphatic carbocycles. The summed E-state index contributed by atoms with van der Waals surface area (Å²) in [5.41, 5.74) is 0.885. The Morgan fingerprint density at radius 3 is 2.40 bits per heavy atom. The van der Waals surface area contributed by atoms with Gasteiger partial charge in [-0.15, -0.1) is 0 Å². The van der Waals surface area contributed by atoms with E-state index in [-0.39, 0.29) is 17.9 Å². The summed E-state index contributed by atoms with van der Waals surface area (Å²) >= 11 is 0. The molecular formula is C17H25NO2. The molecule has 0 spiro atoms. The number of aliphatic hydroxyl groups is 1. The lowest BCUT2D eigenvalue weighted by Crippen LogP contribution is -2.49. The fourth-order valence-corrected chi connectivity index (χ4v) is 2.90. The Morgan fingerprint density at radius 1 is 1.10 bits per heavy atom. The summed E-state index contributed by atoms with van der Waals surface area (Å²) in [6.07, 6.45) is 7.04. The first-order valence-corrected chi connectivity index (χ1v) is 7.74. The van der Waals surface area contributed by atoms with E-state index in [0.29, 0.717) is 0 Å². The van der Waals surface area contributed by atoms with Crippen LogP contribution in [-0.4, -0.2) is 24.2 Å². The molecule has 110 valence electrons. The Hall–Kier alpha value is -1.35. The van der Waals surface area contributed by atoms with Gasteiger partial charge in [-0.25, -0.2) is 0 Å². The van der Waals surface area contributed by atoms with E-state index in [1.807, 2.05) is 18.2 Å². The summed E-state index contributed by atoms with van der Waals surface area (Å²) in [5, 5.41) is 11.8. The molecule has 0 atom stereocenters. The zero-order valence-electron chi connectivity index (χ0n) is 12.1. The molecule has 0 saturated heterocycles. The summed E-state index contributed by atoms with van der Waals surface area (Å²) in [5.74, 6) is 0.192. The van der Waals surface area contributed by atoms with Gasteiger partial charge in [0.05, 0.1) is 5.41 Å². The minimum atomic E-state index is -0.271. The lowest BCUT2D eigenvalue weighted by Gasteiger charge is -2.40. The van der Waals surface area contributed by atoms with E-state index in [1.54, 1.807) is 0 Å². The first-order valence-electron chi connectivity index (χ1n) is 7.74. The van der Waals surface area contributed by atoms with E-state index in [0.717, 1.165) is 57.1 Å². The van der Waals surface area contributed by atoms with Crippen molar-refractivity contribution in [2.24, 2.45) is 0 Å². The lowest BCUT2D eigenvalue weighted by molar-refractivity contribution is -0.129. The fourth-order valence-electron chi connectivity index (χ4n) is 2.90. The lowest BCUT2D eigenvalue weighted by atomic mass is 9.64. The van der Waals surface area contributed by atoms with Crippen LogP contribution >= 0.6 is 0 Å². The standard InChI is InChI=1S/C17H25NO2/c19-14-7-2-1-6-13-18-16(20)17(11-8-12-17)15-9-4-3-5-10-15/h3-5,9-10,19H,1-2,6-8,11-14H2,(H,18,20). The Labute approximate surface area is 121 Å². The number of rotatable bonds is 8. The van der Waals surface area contributed by atoms with Crippen LogP contribution in [0.5, 0.6) is 0 Å². The van der Waals surface area contributed by atoms with Gasteiger partial charge in [0.1, 0.15) is 0 Å². The predicted molar refractivity (Wildman–Crippen MR) is 80.5 cm³/mol. The van der Waals surface area contributed by atoms with Crippen molar-refractivity contribution in [1.82, 2.24) is 5.32 Å². The summed E-state index contributed by atoms with van der Waals surface area (Å²) in [6.45, 7) is 1.02. The molecule has 1 saturated carbocycles. The number of benzene rings is 1. The third kappa shape index (κ3) is 3.40. The smallest absolute Gasteiger partial charge is 0.230 e. The molecule has 0 heterocycles. The molecule has 20 heavy (non-hydrogen) atoms. The number of hydrogen-bond donors (Lipinski definition) is 2. The zero-order chi connectivity index (χ0) is 14.3. The van der Waals surface area contributed by atoms with Crippen LogP contribution in [0.3, 0.4) is 0 Å². The van der Waals surface area contributed by atoms with Crippen molar-refractivity contribution in [1.29, 1.82) is 0 Å². The highest BCUT2D eigenvalue weighted by molar-refractivity contribution is 5.89. The normalized spacial score (nSPS) is 16.4. The highest BCUT2D eigenvalue weighted by Gasteiger charge is 2.45. The average molecular weight is 275 g/mol. The van der Waals surface area contributed by atoms with Crippen LogP contribution in [0.4, 0.5) is 0 Å². The molecule has 2 rings (SSSR count). The quantitative estimate of drug-likeness (QED) is 0.717. The number of carbonyl (C=O) groups excluding carboxylic acids is 1. The van der Waals surface area contributed by atoms with Crippen molar-refractivity contribution in [2.45, 2.75) is 50.4 Å². The zero-order valence-corrected chi connectivity index (χ0v) is 12.1.